The monoisotopic (exact) mass is 390 g/mol. The van der Waals surface area contributed by atoms with Gasteiger partial charge in [-0.15, -0.1) is 0 Å². The van der Waals surface area contributed by atoms with Crippen molar-refractivity contribution in [1.29, 1.82) is 0 Å². The van der Waals surface area contributed by atoms with Crippen molar-refractivity contribution < 1.29 is 34.1 Å². The van der Waals surface area contributed by atoms with Crippen LogP contribution in [0, 0.1) is 0 Å². The Kier molecular flexibility index (Phi) is 12.0. The topological polar surface area (TPSA) is 172 Å². The first-order valence-corrected chi connectivity index (χ1v) is 8.59. The third kappa shape index (κ3) is 7.51. The van der Waals surface area contributed by atoms with Gasteiger partial charge in [0.15, 0.2) is 0 Å². The fraction of sp³-hybridized carbons (Fsp3) is 0.688. The average molecular weight is 390 g/mol. The first kappa shape index (κ1) is 24.8. The number of nitrogens with two attached hydrogens (primary N) is 1. The lowest BCUT2D eigenvalue weighted by molar-refractivity contribution is -0.180. The smallest absolute Gasteiger partial charge is 0.312 e. The summed E-state index contributed by atoms with van der Waals surface area (Å²) >= 11 is 0. The molecule has 7 N–H and O–H groups in total. The van der Waals surface area contributed by atoms with Gasteiger partial charge in [0, 0.05) is 13.2 Å². The molecule has 11 heteroatoms. The van der Waals surface area contributed by atoms with Crippen LogP contribution in [0.15, 0.2) is 11.8 Å². The van der Waals surface area contributed by atoms with Gasteiger partial charge in [-0.1, -0.05) is 13.8 Å². The van der Waals surface area contributed by atoms with Crippen LogP contribution in [-0.2, 0) is 19.1 Å². The summed E-state index contributed by atoms with van der Waals surface area (Å²) in [7, 11) is 1.56. The summed E-state index contributed by atoms with van der Waals surface area (Å²) in [5.41, 5.74) is 5.20. The first-order valence-electron chi connectivity index (χ1n) is 8.59. The number of ether oxygens (including phenoxy) is 2. The normalized spacial score (nSPS) is 26.1. The van der Waals surface area contributed by atoms with E-state index in [1.165, 1.54) is 13.1 Å². The molecule has 5 unspecified atom stereocenters. The fourth-order valence-corrected chi connectivity index (χ4v) is 2.51. The van der Waals surface area contributed by atoms with Crippen LogP contribution in [0.5, 0.6) is 0 Å². The van der Waals surface area contributed by atoms with Gasteiger partial charge in [0.25, 0.3) is 5.91 Å². The molecule has 1 heterocycles. The number of hydrogen-bond donors (Lipinski definition) is 6. The van der Waals surface area contributed by atoms with Gasteiger partial charge in [0.2, 0.25) is 6.41 Å². The molecule has 5 atom stereocenters. The van der Waals surface area contributed by atoms with Crippen molar-refractivity contribution in [2.75, 3.05) is 20.3 Å². The van der Waals surface area contributed by atoms with Crippen molar-refractivity contribution in [1.82, 2.24) is 16.0 Å². The first-order chi connectivity index (χ1) is 12.8. The molecular weight excluding hydrogens is 360 g/mol. The Balaban J connectivity index is 0.00000326. The largest absolute Gasteiger partial charge is 0.394 e. The molecule has 27 heavy (non-hydrogen) atoms. The van der Waals surface area contributed by atoms with Gasteiger partial charge < -0.3 is 36.1 Å². The van der Waals surface area contributed by atoms with Gasteiger partial charge in [0.1, 0.15) is 18.3 Å². The van der Waals surface area contributed by atoms with E-state index in [1.54, 1.807) is 7.05 Å². The SMILES string of the molecule is CC.CN/C=C(\C(=O)NC=O)C(C)OC1C(CO)OCC(O)C1NC(N)=O. The Hall–Kier alpha value is -2.21. The highest BCUT2D eigenvalue weighted by Crippen LogP contribution is 2.22. The van der Waals surface area contributed by atoms with Crippen LogP contribution >= 0.6 is 0 Å². The predicted molar refractivity (Wildman–Crippen MR) is 96.4 cm³/mol. The van der Waals surface area contributed by atoms with E-state index in [0.717, 1.165) is 0 Å². The quantitative estimate of drug-likeness (QED) is 0.203. The zero-order valence-corrected chi connectivity index (χ0v) is 16.0. The zero-order chi connectivity index (χ0) is 21.0. The molecule has 0 aromatic carbocycles. The molecule has 1 fully saturated rings. The molecule has 156 valence electrons. The van der Waals surface area contributed by atoms with E-state index in [4.69, 9.17) is 15.2 Å². The molecule has 1 aliphatic rings. The van der Waals surface area contributed by atoms with Gasteiger partial charge >= 0.3 is 6.03 Å². The van der Waals surface area contributed by atoms with Crippen LogP contribution in [0.25, 0.3) is 0 Å². The summed E-state index contributed by atoms with van der Waals surface area (Å²) in [4.78, 5) is 33.6. The molecule has 0 aliphatic carbocycles. The highest BCUT2D eigenvalue weighted by molar-refractivity contribution is 5.99. The van der Waals surface area contributed by atoms with E-state index in [0.29, 0.717) is 0 Å². The van der Waals surface area contributed by atoms with Crippen LogP contribution in [0.2, 0.25) is 0 Å². The lowest BCUT2D eigenvalue weighted by atomic mass is 9.96. The minimum absolute atomic E-state index is 0.0872. The van der Waals surface area contributed by atoms with Crippen molar-refractivity contribution >= 4 is 18.3 Å². The van der Waals surface area contributed by atoms with Gasteiger partial charge in [0.05, 0.1) is 30.9 Å². The summed E-state index contributed by atoms with van der Waals surface area (Å²) in [6.07, 6.45) is -2.24. The predicted octanol–water partition coefficient (Wildman–Crippen LogP) is -2.05. The number of carbonyl (C=O) groups excluding carboxylic acids is 3. The van der Waals surface area contributed by atoms with E-state index in [2.05, 4.69) is 10.6 Å². The molecule has 0 radical (unpaired) electrons. The second-order valence-electron chi connectivity index (χ2n) is 5.38. The summed E-state index contributed by atoms with van der Waals surface area (Å²) in [5, 5.41) is 26.5. The number of primary amides is 1. The van der Waals surface area contributed by atoms with Crippen LogP contribution in [0.1, 0.15) is 20.8 Å². The molecule has 0 bridgehead atoms. The molecule has 0 aromatic heterocycles. The Bertz CT molecular complexity index is 515. The number of aliphatic hydroxyl groups excluding tert-OH is 2. The number of rotatable bonds is 8. The van der Waals surface area contributed by atoms with E-state index in [9.17, 15) is 24.6 Å². The number of hydrogen-bond acceptors (Lipinski definition) is 8. The summed E-state index contributed by atoms with van der Waals surface area (Å²) in [6, 6.07) is -1.83. The number of nitrogens with one attached hydrogen (secondary N) is 3. The molecule has 4 amide bonds. The van der Waals surface area contributed by atoms with Crippen molar-refractivity contribution in [2.45, 2.75) is 51.2 Å². The van der Waals surface area contributed by atoms with Gasteiger partial charge in [-0.05, 0) is 6.92 Å². The molecule has 0 aromatic rings. The fourth-order valence-electron chi connectivity index (χ4n) is 2.51. The number of imide groups is 1. The lowest BCUT2D eigenvalue weighted by Gasteiger charge is -2.41. The van der Waals surface area contributed by atoms with E-state index >= 15 is 0 Å². The maximum atomic E-state index is 11.9. The molecule has 0 spiro atoms. The number of amides is 4. The van der Waals surface area contributed by atoms with Crippen molar-refractivity contribution in [3.8, 4) is 0 Å². The van der Waals surface area contributed by atoms with Crippen LogP contribution in [0.3, 0.4) is 0 Å². The van der Waals surface area contributed by atoms with Gasteiger partial charge in [-0.2, -0.15) is 0 Å². The standard InChI is InChI=1S/C14H24N4O7.C2H6/c1-7(8(3-16-2)13(22)17-6-20)25-12-10(4-19)24-5-9(21)11(12)18-14(15)23;1-2/h3,6-7,9-12,16,19,21H,4-5H2,1-2H3,(H3,15,18,23)(H,17,20,22);1-2H3/b8-3-;. The Morgan fingerprint density at radius 1 is 1.41 bits per heavy atom. The number of aliphatic hydroxyl groups is 2. The highest BCUT2D eigenvalue weighted by Gasteiger charge is 2.42. The maximum absolute atomic E-state index is 11.9. The minimum atomic E-state index is -1.12. The third-order valence-electron chi connectivity index (χ3n) is 3.66. The molecular formula is C16H30N4O7. The molecule has 0 saturated carbocycles. The summed E-state index contributed by atoms with van der Waals surface area (Å²) in [6.45, 7) is 4.96. The van der Waals surface area contributed by atoms with Gasteiger partial charge in [-0.3, -0.25) is 14.9 Å². The molecule has 1 rings (SSSR count). The Labute approximate surface area is 158 Å². The second-order valence-corrected chi connectivity index (χ2v) is 5.38. The van der Waals surface area contributed by atoms with Crippen LogP contribution in [-0.4, -0.2) is 79.3 Å². The Morgan fingerprint density at radius 3 is 2.52 bits per heavy atom. The molecule has 1 aliphatic heterocycles. The second kappa shape index (κ2) is 13.0. The van der Waals surface area contributed by atoms with E-state index in [-0.39, 0.29) is 18.6 Å². The van der Waals surface area contributed by atoms with Crippen LogP contribution < -0.4 is 21.7 Å². The van der Waals surface area contributed by atoms with E-state index < -0.39 is 49.0 Å². The van der Waals surface area contributed by atoms with Crippen molar-refractivity contribution in [3.63, 3.8) is 0 Å². The zero-order valence-electron chi connectivity index (χ0n) is 16.0. The van der Waals surface area contributed by atoms with E-state index in [1.807, 2.05) is 19.2 Å². The van der Waals surface area contributed by atoms with Crippen molar-refractivity contribution in [3.05, 3.63) is 11.8 Å². The van der Waals surface area contributed by atoms with Gasteiger partial charge in [-0.25, -0.2) is 4.79 Å². The number of carbonyl (C=O) groups is 3. The molecule has 1 saturated heterocycles. The highest BCUT2D eigenvalue weighted by atomic mass is 16.6. The van der Waals surface area contributed by atoms with Crippen LogP contribution in [0.4, 0.5) is 4.79 Å². The Morgan fingerprint density at radius 2 is 2.04 bits per heavy atom. The lowest BCUT2D eigenvalue weighted by Crippen LogP contribution is -2.63. The average Bonchev–Trinajstić information content (AvgIpc) is 2.64. The third-order valence-corrected chi connectivity index (χ3v) is 3.66. The summed E-state index contributed by atoms with van der Waals surface area (Å²) < 4.78 is 11.1. The minimum Gasteiger partial charge on any atom is -0.394 e. The molecule has 11 nitrogen and oxygen atoms in total. The summed E-state index contributed by atoms with van der Waals surface area (Å²) in [5.74, 6) is -0.686. The number of urea groups is 1. The maximum Gasteiger partial charge on any atom is 0.312 e. The van der Waals surface area contributed by atoms with Crippen molar-refractivity contribution in [2.24, 2.45) is 5.73 Å².